The largest absolute Gasteiger partial charge is 0.417 e. The number of hydrogen-bond acceptors (Lipinski definition) is 6. The normalized spacial score (nSPS) is 12.4. The molecule has 160 valence electrons. The lowest BCUT2D eigenvalue weighted by molar-refractivity contribution is -0.137. The van der Waals surface area contributed by atoms with Crippen molar-refractivity contribution in [3.8, 4) is 11.1 Å². The Kier molecular flexibility index (Phi) is 5.67. The fourth-order valence-corrected chi connectivity index (χ4v) is 3.89. The number of nitrogens with one attached hydrogen (secondary N) is 2. The number of aromatic nitrogens is 3. The summed E-state index contributed by atoms with van der Waals surface area (Å²) in [7, 11) is -1.01. The second kappa shape index (κ2) is 7.78. The van der Waals surface area contributed by atoms with E-state index < -0.39 is 21.8 Å². The van der Waals surface area contributed by atoms with E-state index in [9.17, 15) is 21.6 Å². The van der Waals surface area contributed by atoms with E-state index in [4.69, 9.17) is 17.3 Å². The molecule has 4 N–H and O–H groups in total. The Morgan fingerprint density at radius 2 is 1.80 bits per heavy atom. The topological polar surface area (TPSA) is 117 Å². The van der Waals surface area contributed by atoms with E-state index in [-0.39, 0.29) is 38.6 Å². The summed E-state index contributed by atoms with van der Waals surface area (Å²) in [4.78, 5) is 3.72. The van der Waals surface area contributed by atoms with Crippen LogP contribution in [0.4, 0.5) is 30.8 Å². The average molecular weight is 461 g/mol. The van der Waals surface area contributed by atoms with Gasteiger partial charge in [0, 0.05) is 25.3 Å². The molecular weight excluding hydrogens is 445 g/mol. The molecule has 3 rings (SSSR count). The SMILES string of the molecule is CN(C)S(=O)(=O)c1ccc(-c2c(Cl)cc(Nc3n[nH]c(N)n3)cc2C(F)(F)F)cc1. The predicted octanol–water partition coefficient (Wildman–Crippen LogP) is 3.72. The number of aromatic amines is 1. The molecule has 0 atom stereocenters. The van der Waals surface area contributed by atoms with E-state index in [1.54, 1.807) is 0 Å². The number of halogens is 4. The van der Waals surface area contributed by atoms with Crippen molar-refractivity contribution >= 4 is 39.2 Å². The molecule has 0 radical (unpaired) electrons. The van der Waals surface area contributed by atoms with Crippen LogP contribution in [0.5, 0.6) is 0 Å². The number of sulfonamides is 1. The van der Waals surface area contributed by atoms with Crippen LogP contribution in [0.25, 0.3) is 11.1 Å². The quantitative estimate of drug-likeness (QED) is 0.534. The maximum absolute atomic E-state index is 13.8. The van der Waals surface area contributed by atoms with Gasteiger partial charge in [0.25, 0.3) is 0 Å². The lowest BCUT2D eigenvalue weighted by Crippen LogP contribution is -2.22. The zero-order chi connectivity index (χ0) is 22.3. The van der Waals surface area contributed by atoms with E-state index in [2.05, 4.69) is 20.5 Å². The van der Waals surface area contributed by atoms with Gasteiger partial charge in [-0.2, -0.15) is 18.2 Å². The molecule has 30 heavy (non-hydrogen) atoms. The van der Waals surface area contributed by atoms with Crippen LogP contribution < -0.4 is 11.1 Å². The predicted molar refractivity (Wildman–Crippen MR) is 107 cm³/mol. The molecule has 1 aromatic heterocycles. The molecule has 0 saturated carbocycles. The molecule has 0 saturated heterocycles. The number of benzene rings is 2. The highest BCUT2D eigenvalue weighted by Crippen LogP contribution is 2.43. The first-order valence-corrected chi connectivity index (χ1v) is 10.1. The molecule has 0 aliphatic rings. The fourth-order valence-electron chi connectivity index (χ4n) is 2.66. The van der Waals surface area contributed by atoms with Crippen molar-refractivity contribution in [2.75, 3.05) is 25.1 Å². The molecule has 8 nitrogen and oxygen atoms in total. The Morgan fingerprint density at radius 3 is 2.30 bits per heavy atom. The summed E-state index contributed by atoms with van der Waals surface area (Å²) < 4.78 is 66.7. The second-order valence-corrected chi connectivity index (χ2v) is 8.92. The van der Waals surface area contributed by atoms with Crippen molar-refractivity contribution < 1.29 is 21.6 Å². The number of hydrogen-bond donors (Lipinski definition) is 3. The van der Waals surface area contributed by atoms with Crippen molar-refractivity contribution in [1.82, 2.24) is 19.5 Å². The van der Waals surface area contributed by atoms with Crippen molar-refractivity contribution in [3.05, 3.63) is 47.0 Å². The van der Waals surface area contributed by atoms with Crippen molar-refractivity contribution in [3.63, 3.8) is 0 Å². The van der Waals surface area contributed by atoms with Crippen LogP contribution in [-0.2, 0) is 16.2 Å². The van der Waals surface area contributed by atoms with Crippen molar-refractivity contribution in [2.45, 2.75) is 11.1 Å². The van der Waals surface area contributed by atoms with Gasteiger partial charge in [-0.15, -0.1) is 5.10 Å². The van der Waals surface area contributed by atoms with Gasteiger partial charge in [-0.25, -0.2) is 17.8 Å². The highest BCUT2D eigenvalue weighted by Gasteiger charge is 2.35. The lowest BCUT2D eigenvalue weighted by atomic mass is 9.98. The third-order valence-electron chi connectivity index (χ3n) is 4.08. The average Bonchev–Trinajstić information content (AvgIpc) is 3.05. The number of rotatable bonds is 5. The molecule has 0 amide bonds. The van der Waals surface area contributed by atoms with Crippen molar-refractivity contribution in [1.29, 1.82) is 0 Å². The number of nitrogen functional groups attached to an aromatic ring is 1. The molecular formula is C17H16ClF3N6O2S. The van der Waals surface area contributed by atoms with Crippen LogP contribution >= 0.6 is 11.6 Å². The molecule has 0 spiro atoms. The van der Waals surface area contributed by atoms with E-state index in [0.29, 0.717) is 0 Å². The van der Waals surface area contributed by atoms with Gasteiger partial charge in [0.1, 0.15) is 0 Å². The molecule has 0 unspecified atom stereocenters. The van der Waals surface area contributed by atoms with Gasteiger partial charge in [0.2, 0.25) is 21.9 Å². The highest BCUT2D eigenvalue weighted by atomic mass is 35.5. The monoisotopic (exact) mass is 460 g/mol. The summed E-state index contributed by atoms with van der Waals surface area (Å²) in [6, 6.07) is 7.14. The van der Waals surface area contributed by atoms with Crippen LogP contribution in [0, 0.1) is 0 Å². The maximum atomic E-state index is 13.8. The molecule has 0 aliphatic carbocycles. The first kappa shape index (κ1) is 21.9. The van der Waals surface area contributed by atoms with Crippen LogP contribution in [-0.4, -0.2) is 42.0 Å². The minimum Gasteiger partial charge on any atom is -0.368 e. The molecule has 3 aromatic rings. The molecule has 0 fully saturated rings. The third-order valence-corrected chi connectivity index (χ3v) is 6.20. The highest BCUT2D eigenvalue weighted by molar-refractivity contribution is 7.89. The Hall–Kier alpha value is -2.83. The van der Waals surface area contributed by atoms with Gasteiger partial charge in [0.05, 0.1) is 15.5 Å². The number of anilines is 3. The van der Waals surface area contributed by atoms with E-state index in [1.165, 1.54) is 44.4 Å². The molecule has 0 aliphatic heterocycles. The van der Waals surface area contributed by atoms with Gasteiger partial charge in [-0.05, 0) is 29.8 Å². The van der Waals surface area contributed by atoms with Crippen LogP contribution in [0.2, 0.25) is 5.02 Å². The van der Waals surface area contributed by atoms with Crippen LogP contribution in [0.3, 0.4) is 0 Å². The summed E-state index contributed by atoms with van der Waals surface area (Å²) >= 11 is 6.19. The number of nitrogens with two attached hydrogens (primary N) is 1. The Bertz CT molecular complexity index is 1180. The number of H-pyrrole nitrogens is 1. The summed E-state index contributed by atoms with van der Waals surface area (Å²) in [6.45, 7) is 0. The first-order chi connectivity index (χ1) is 13.9. The lowest BCUT2D eigenvalue weighted by Gasteiger charge is -2.17. The Balaban J connectivity index is 2.08. The van der Waals surface area contributed by atoms with Gasteiger partial charge < -0.3 is 11.1 Å². The third kappa shape index (κ3) is 4.35. The van der Waals surface area contributed by atoms with E-state index >= 15 is 0 Å². The fraction of sp³-hybridized carbons (Fsp3) is 0.176. The van der Waals surface area contributed by atoms with Crippen LogP contribution in [0.15, 0.2) is 41.3 Å². The first-order valence-electron chi connectivity index (χ1n) is 8.28. The zero-order valence-electron chi connectivity index (χ0n) is 15.6. The standard InChI is InChI=1S/C17H16ClF3N6O2S/c1-27(2)30(28,29)11-5-3-9(4-6-11)14-12(17(19,20)21)7-10(8-13(14)18)23-16-24-15(22)25-26-16/h3-8H,1-2H3,(H4,22,23,24,25,26). The Labute approximate surface area is 174 Å². The van der Waals surface area contributed by atoms with Crippen molar-refractivity contribution in [2.24, 2.45) is 0 Å². The second-order valence-electron chi connectivity index (χ2n) is 6.36. The van der Waals surface area contributed by atoms with Crippen LogP contribution in [0.1, 0.15) is 5.56 Å². The van der Waals surface area contributed by atoms with E-state index in [1.807, 2.05) is 0 Å². The smallest absolute Gasteiger partial charge is 0.368 e. The van der Waals surface area contributed by atoms with E-state index in [0.717, 1.165) is 10.4 Å². The molecule has 0 bridgehead atoms. The molecule has 1 heterocycles. The minimum atomic E-state index is -4.73. The minimum absolute atomic E-state index is 0.00174. The van der Waals surface area contributed by atoms with Gasteiger partial charge >= 0.3 is 6.18 Å². The Morgan fingerprint density at radius 1 is 1.17 bits per heavy atom. The summed E-state index contributed by atoms with van der Waals surface area (Å²) in [5, 5.41) is 8.46. The van der Waals surface area contributed by atoms with Gasteiger partial charge in [-0.1, -0.05) is 23.7 Å². The maximum Gasteiger partial charge on any atom is 0.417 e. The van der Waals surface area contributed by atoms with Gasteiger partial charge in [-0.3, -0.25) is 0 Å². The molecule has 13 heteroatoms. The summed E-state index contributed by atoms with van der Waals surface area (Å²) in [6.07, 6.45) is -4.73. The number of alkyl halides is 3. The summed E-state index contributed by atoms with van der Waals surface area (Å²) in [5.41, 5.74) is 4.22. The van der Waals surface area contributed by atoms with Gasteiger partial charge in [0.15, 0.2) is 0 Å². The summed E-state index contributed by atoms with van der Waals surface area (Å²) in [5.74, 6) is -0.0354. The number of nitrogens with zero attached hydrogens (tertiary/aromatic N) is 3. The molecule has 2 aromatic carbocycles. The zero-order valence-corrected chi connectivity index (χ0v) is 17.2.